The minimum atomic E-state index is -5.38. The Kier molecular flexibility index (Phi) is 33.7. The van der Waals surface area contributed by atoms with Crippen LogP contribution < -0.4 is 0 Å². The van der Waals surface area contributed by atoms with E-state index in [4.69, 9.17) is 28.3 Å². The van der Waals surface area contributed by atoms with Crippen LogP contribution in [0, 0.1) is 0 Å². The number of aliphatic hydroxyl groups is 5. The predicted molar refractivity (Wildman–Crippen MR) is 243 cm³/mol. The summed E-state index contributed by atoms with van der Waals surface area (Å²) >= 11 is 0. The molecule has 8 N–H and O–H groups in total. The van der Waals surface area contributed by atoms with E-state index in [-0.39, 0.29) is 12.8 Å². The monoisotopic (exact) mass is 954 g/mol. The molecule has 372 valence electrons. The van der Waals surface area contributed by atoms with Crippen molar-refractivity contribution >= 4 is 27.6 Å². The maximum absolute atomic E-state index is 13.0. The molecule has 1 fully saturated rings. The third-order valence-electron chi connectivity index (χ3n) is 10.5. The average Bonchev–Trinajstić information content (AvgIpc) is 3.24. The van der Waals surface area contributed by atoms with Gasteiger partial charge in [0.2, 0.25) is 0 Å². The molecule has 0 saturated heterocycles. The number of phosphoric acid groups is 2. The molecule has 0 amide bonds. The fourth-order valence-electron chi connectivity index (χ4n) is 6.85. The number of rotatable bonds is 38. The predicted octanol–water partition coefficient (Wildman–Crippen LogP) is 7.48. The molecular formula is C45H80O17P2. The third kappa shape index (κ3) is 30.3. The Morgan fingerprint density at radius 2 is 1.14 bits per heavy atom. The quantitative estimate of drug-likeness (QED) is 0.00979. The highest BCUT2D eigenvalue weighted by Gasteiger charge is 2.54. The van der Waals surface area contributed by atoms with Gasteiger partial charge in [-0.1, -0.05) is 140 Å². The molecule has 0 aromatic carbocycles. The van der Waals surface area contributed by atoms with Crippen LogP contribution in [-0.2, 0) is 41.8 Å². The largest absolute Gasteiger partial charge is 0.472 e. The number of aliphatic hydroxyl groups excluding tert-OH is 5. The lowest BCUT2D eigenvalue weighted by Gasteiger charge is -2.43. The van der Waals surface area contributed by atoms with Crippen LogP contribution >= 0.6 is 15.6 Å². The van der Waals surface area contributed by atoms with E-state index in [1.165, 1.54) is 25.7 Å². The molecule has 0 spiro atoms. The van der Waals surface area contributed by atoms with Gasteiger partial charge in [-0.2, -0.15) is 0 Å². The molecule has 1 rings (SSSR count). The summed E-state index contributed by atoms with van der Waals surface area (Å²) in [4.78, 5) is 54.2. The standard InChI is InChI=1S/C45H80O17P2/c1-3-5-7-9-11-12-13-14-15-16-17-18-20-24-29-33-39(48)60-37(34-58-38(47)32-28-25-21-23-27-31-36(46)30-26-22-19-10-8-6-4-2)35-59-64(56,57)62-45-42(51)40(49)41(50)44(43(45)52)61-63(53,54)55/h6,8,12-13,19,22,26,30,36-37,40-46,49-52H,3-5,7,9-11,14-18,20-21,23-25,27-29,31-35H2,1-2H3,(H,56,57)(H2,53,54,55)/b8-6+,13-12-,22-19+,30-26+/t36?,37-,40?,41?,42?,43?,44-,45+/m1/s1. The Balaban J connectivity index is 2.64. The Morgan fingerprint density at radius 3 is 1.73 bits per heavy atom. The van der Waals surface area contributed by atoms with E-state index in [1.54, 1.807) is 6.08 Å². The fourth-order valence-corrected chi connectivity index (χ4v) is 8.39. The summed E-state index contributed by atoms with van der Waals surface area (Å²) in [6.45, 7) is 2.87. The zero-order valence-electron chi connectivity index (χ0n) is 38.1. The second-order valence-corrected chi connectivity index (χ2v) is 18.9. The Labute approximate surface area is 380 Å². The van der Waals surface area contributed by atoms with Crippen molar-refractivity contribution in [3.8, 4) is 0 Å². The van der Waals surface area contributed by atoms with Crippen LogP contribution in [0.2, 0.25) is 0 Å². The molecule has 0 aromatic heterocycles. The van der Waals surface area contributed by atoms with E-state index in [1.807, 2.05) is 18.2 Å². The van der Waals surface area contributed by atoms with E-state index in [9.17, 15) is 49.1 Å². The topological polar surface area (TPSA) is 276 Å². The number of hydrogen-bond acceptors (Lipinski definition) is 14. The zero-order chi connectivity index (χ0) is 47.6. The summed E-state index contributed by atoms with van der Waals surface area (Å²) < 4.78 is 49.3. The van der Waals surface area contributed by atoms with Gasteiger partial charge in [-0.15, -0.1) is 0 Å². The Morgan fingerprint density at radius 1 is 0.594 bits per heavy atom. The molecule has 1 aliphatic rings. The molecule has 64 heavy (non-hydrogen) atoms. The van der Waals surface area contributed by atoms with Crippen molar-refractivity contribution in [3.05, 3.63) is 48.6 Å². The van der Waals surface area contributed by atoms with Crippen molar-refractivity contribution in [2.24, 2.45) is 0 Å². The molecule has 1 saturated carbocycles. The van der Waals surface area contributed by atoms with Crippen molar-refractivity contribution in [2.45, 2.75) is 210 Å². The number of unbranched alkanes of at least 4 members (excludes halogenated alkanes) is 15. The van der Waals surface area contributed by atoms with Crippen LogP contribution in [0.1, 0.15) is 162 Å². The molecule has 0 bridgehead atoms. The van der Waals surface area contributed by atoms with E-state index in [0.29, 0.717) is 19.3 Å². The van der Waals surface area contributed by atoms with E-state index in [2.05, 4.69) is 42.7 Å². The second kappa shape index (κ2) is 36.0. The summed E-state index contributed by atoms with van der Waals surface area (Å²) in [5, 5.41) is 51.4. The zero-order valence-corrected chi connectivity index (χ0v) is 39.9. The van der Waals surface area contributed by atoms with Gasteiger partial charge in [0.25, 0.3) is 0 Å². The fraction of sp³-hybridized carbons (Fsp3) is 0.778. The first kappa shape index (κ1) is 59.9. The molecule has 1 aliphatic carbocycles. The number of carbonyl (C=O) groups excluding carboxylic acids is 2. The number of ether oxygens (including phenoxy) is 2. The first-order valence-electron chi connectivity index (χ1n) is 23.3. The average molecular weight is 955 g/mol. The van der Waals surface area contributed by atoms with Crippen LogP contribution in [0.15, 0.2) is 48.6 Å². The van der Waals surface area contributed by atoms with Gasteiger partial charge in [0.15, 0.2) is 6.10 Å². The summed E-state index contributed by atoms with van der Waals surface area (Å²) in [6, 6.07) is 0. The maximum atomic E-state index is 13.0. The summed E-state index contributed by atoms with van der Waals surface area (Å²) in [5.41, 5.74) is 0. The van der Waals surface area contributed by atoms with Gasteiger partial charge in [-0.05, 0) is 57.8 Å². The number of esters is 2. The first-order valence-corrected chi connectivity index (χ1v) is 26.3. The minimum absolute atomic E-state index is 0.0176. The van der Waals surface area contributed by atoms with Crippen LogP contribution in [0.5, 0.6) is 0 Å². The number of allylic oxidation sites excluding steroid dienone is 7. The molecule has 19 heteroatoms. The Bertz CT molecular complexity index is 1450. The molecular weight excluding hydrogens is 874 g/mol. The van der Waals surface area contributed by atoms with Gasteiger partial charge < -0.3 is 49.7 Å². The molecule has 17 nitrogen and oxygen atoms in total. The van der Waals surface area contributed by atoms with E-state index in [0.717, 1.165) is 89.9 Å². The minimum Gasteiger partial charge on any atom is -0.462 e. The van der Waals surface area contributed by atoms with Crippen LogP contribution in [-0.4, -0.2) is 114 Å². The smallest absolute Gasteiger partial charge is 0.462 e. The molecule has 9 atom stereocenters. The number of phosphoric ester groups is 2. The van der Waals surface area contributed by atoms with Crippen molar-refractivity contribution in [1.82, 2.24) is 0 Å². The molecule has 0 radical (unpaired) electrons. The van der Waals surface area contributed by atoms with Gasteiger partial charge >= 0.3 is 27.6 Å². The number of hydrogen-bond donors (Lipinski definition) is 8. The summed E-state index contributed by atoms with van der Waals surface area (Å²) in [7, 11) is -10.7. The normalized spacial score (nSPS) is 22.7. The lowest BCUT2D eigenvalue weighted by molar-refractivity contribution is -0.216. The van der Waals surface area contributed by atoms with Gasteiger partial charge in [-0.3, -0.25) is 23.2 Å². The van der Waals surface area contributed by atoms with Gasteiger partial charge in [-0.25, -0.2) is 9.13 Å². The third-order valence-corrected chi connectivity index (χ3v) is 12.0. The van der Waals surface area contributed by atoms with E-state index >= 15 is 0 Å². The molecule has 0 heterocycles. The lowest BCUT2D eigenvalue weighted by atomic mass is 9.85. The van der Waals surface area contributed by atoms with Crippen LogP contribution in [0.25, 0.3) is 0 Å². The van der Waals surface area contributed by atoms with Crippen LogP contribution in [0.4, 0.5) is 0 Å². The molecule has 0 aromatic rings. The maximum Gasteiger partial charge on any atom is 0.472 e. The van der Waals surface area contributed by atoms with Gasteiger partial charge in [0.05, 0.1) is 12.7 Å². The Hall–Kier alpha value is -2.08. The number of carbonyl (C=O) groups is 2. The highest BCUT2D eigenvalue weighted by Crippen LogP contribution is 2.49. The van der Waals surface area contributed by atoms with Crippen molar-refractivity contribution < 1.29 is 82.0 Å². The van der Waals surface area contributed by atoms with Crippen molar-refractivity contribution in [3.63, 3.8) is 0 Å². The highest BCUT2D eigenvalue weighted by atomic mass is 31.2. The highest BCUT2D eigenvalue weighted by molar-refractivity contribution is 7.47. The summed E-state index contributed by atoms with van der Waals surface area (Å²) in [6.07, 6.45) is 20.9. The van der Waals surface area contributed by atoms with Gasteiger partial charge in [0, 0.05) is 12.8 Å². The van der Waals surface area contributed by atoms with Gasteiger partial charge in [0.1, 0.15) is 43.2 Å². The summed E-state index contributed by atoms with van der Waals surface area (Å²) in [5.74, 6) is -1.29. The second-order valence-electron chi connectivity index (χ2n) is 16.3. The van der Waals surface area contributed by atoms with Crippen LogP contribution in [0.3, 0.4) is 0 Å². The van der Waals surface area contributed by atoms with Crippen molar-refractivity contribution in [2.75, 3.05) is 13.2 Å². The van der Waals surface area contributed by atoms with E-state index < -0.39 is 89.6 Å². The molecule has 6 unspecified atom stereocenters. The lowest BCUT2D eigenvalue weighted by Crippen LogP contribution is -2.64. The van der Waals surface area contributed by atoms with Crippen molar-refractivity contribution in [1.29, 1.82) is 0 Å². The SMILES string of the molecule is CC/C=C/C/C=C/C=C/C(O)CCCCCCCC(=O)OC[C@H](COP(=O)(O)O[C@H]1C(O)C(O)C(O)[C@@H](OP(=O)(O)O)C1O)OC(=O)CCCCCCCCC/C=C\CCCCCC. The first-order chi connectivity index (χ1) is 30.5. The molecule has 0 aliphatic heterocycles.